The van der Waals surface area contributed by atoms with Crippen LogP contribution in [0.4, 0.5) is 0 Å². The summed E-state index contributed by atoms with van der Waals surface area (Å²) in [7, 11) is 0. The highest BCUT2D eigenvalue weighted by Gasteiger charge is 2.34. The maximum Gasteiger partial charge on any atom is 0.259 e. The van der Waals surface area contributed by atoms with E-state index < -0.39 is 5.79 Å². The van der Waals surface area contributed by atoms with E-state index in [0.29, 0.717) is 0 Å². The van der Waals surface area contributed by atoms with Crippen molar-refractivity contribution in [2.24, 2.45) is 0 Å². The monoisotopic (exact) mass is 192 g/mol. The largest absolute Gasteiger partial charge is 0.456 e. The SMILES string of the molecule is CC(Br)C1(C)OC=CO1. The molecule has 0 radical (unpaired) electrons. The molecule has 0 aromatic carbocycles. The van der Waals surface area contributed by atoms with Crippen LogP contribution < -0.4 is 0 Å². The van der Waals surface area contributed by atoms with Crippen LogP contribution in [0.15, 0.2) is 12.5 Å². The minimum absolute atomic E-state index is 0.194. The standard InChI is InChI=1S/C6H9BrO2/c1-5(7)6(2)8-3-4-9-6/h3-5H,1-2H3. The van der Waals surface area contributed by atoms with Crippen molar-refractivity contribution in [3.05, 3.63) is 12.5 Å². The molecule has 0 spiro atoms. The minimum atomic E-state index is -0.500. The van der Waals surface area contributed by atoms with Crippen molar-refractivity contribution in [1.29, 1.82) is 0 Å². The first-order chi connectivity index (χ1) is 4.15. The van der Waals surface area contributed by atoms with E-state index in [2.05, 4.69) is 15.9 Å². The van der Waals surface area contributed by atoms with Crippen molar-refractivity contribution >= 4 is 15.9 Å². The maximum atomic E-state index is 5.15. The van der Waals surface area contributed by atoms with Crippen LogP contribution in [0.1, 0.15) is 13.8 Å². The van der Waals surface area contributed by atoms with Gasteiger partial charge in [-0.2, -0.15) is 0 Å². The molecule has 0 saturated carbocycles. The highest BCUT2D eigenvalue weighted by atomic mass is 79.9. The Morgan fingerprint density at radius 2 is 1.89 bits per heavy atom. The van der Waals surface area contributed by atoms with Crippen LogP contribution in [0, 0.1) is 0 Å². The average molecular weight is 193 g/mol. The second-order valence-electron chi connectivity index (χ2n) is 2.14. The van der Waals surface area contributed by atoms with Crippen LogP contribution in [0.3, 0.4) is 0 Å². The molecule has 1 unspecified atom stereocenters. The van der Waals surface area contributed by atoms with E-state index >= 15 is 0 Å². The average Bonchev–Trinajstić information content (AvgIpc) is 2.16. The highest BCUT2D eigenvalue weighted by Crippen LogP contribution is 2.27. The summed E-state index contributed by atoms with van der Waals surface area (Å²) >= 11 is 3.37. The van der Waals surface area contributed by atoms with Crippen molar-refractivity contribution in [3.8, 4) is 0 Å². The van der Waals surface area contributed by atoms with E-state index in [0.717, 1.165) is 0 Å². The summed E-state index contributed by atoms with van der Waals surface area (Å²) in [6.07, 6.45) is 3.11. The Morgan fingerprint density at radius 1 is 1.44 bits per heavy atom. The topological polar surface area (TPSA) is 18.5 Å². The Hall–Kier alpha value is -0.180. The zero-order valence-corrected chi connectivity index (χ0v) is 7.01. The molecule has 0 aromatic heterocycles. The Labute approximate surface area is 63.0 Å². The van der Waals surface area contributed by atoms with Gasteiger partial charge in [-0.05, 0) is 6.92 Å². The molecule has 0 aromatic rings. The van der Waals surface area contributed by atoms with Gasteiger partial charge in [0.1, 0.15) is 12.5 Å². The minimum Gasteiger partial charge on any atom is -0.456 e. The molecule has 0 fully saturated rings. The van der Waals surface area contributed by atoms with Crippen LogP contribution in [-0.2, 0) is 9.47 Å². The lowest BCUT2D eigenvalue weighted by Gasteiger charge is -2.25. The van der Waals surface area contributed by atoms with Crippen molar-refractivity contribution in [1.82, 2.24) is 0 Å². The van der Waals surface area contributed by atoms with Gasteiger partial charge in [0.15, 0.2) is 0 Å². The molecule has 1 rings (SSSR count). The van der Waals surface area contributed by atoms with Gasteiger partial charge in [-0.15, -0.1) is 0 Å². The van der Waals surface area contributed by atoms with E-state index in [1.54, 1.807) is 12.5 Å². The first kappa shape index (κ1) is 6.93. The Bertz CT molecular complexity index is 123. The van der Waals surface area contributed by atoms with Crippen molar-refractivity contribution in [3.63, 3.8) is 0 Å². The normalized spacial score (nSPS) is 24.8. The highest BCUT2D eigenvalue weighted by molar-refractivity contribution is 9.09. The number of rotatable bonds is 1. The van der Waals surface area contributed by atoms with Gasteiger partial charge in [-0.3, -0.25) is 0 Å². The van der Waals surface area contributed by atoms with Gasteiger partial charge in [-0.1, -0.05) is 15.9 Å². The van der Waals surface area contributed by atoms with Crippen molar-refractivity contribution < 1.29 is 9.47 Å². The van der Waals surface area contributed by atoms with Crippen molar-refractivity contribution in [2.75, 3.05) is 0 Å². The summed E-state index contributed by atoms with van der Waals surface area (Å²) in [6.45, 7) is 3.86. The molecule has 9 heavy (non-hydrogen) atoms. The molecule has 1 aliphatic rings. The molecule has 0 saturated heterocycles. The second kappa shape index (κ2) is 2.21. The third kappa shape index (κ3) is 1.21. The van der Waals surface area contributed by atoms with Gasteiger partial charge in [0.2, 0.25) is 0 Å². The molecule has 52 valence electrons. The molecule has 2 nitrogen and oxygen atoms in total. The van der Waals surface area contributed by atoms with Gasteiger partial charge >= 0.3 is 0 Å². The molecule has 0 amide bonds. The van der Waals surface area contributed by atoms with Crippen molar-refractivity contribution in [2.45, 2.75) is 24.5 Å². The predicted molar refractivity (Wildman–Crippen MR) is 38.1 cm³/mol. The molecule has 0 aliphatic carbocycles. The molecule has 3 heteroatoms. The van der Waals surface area contributed by atoms with E-state index in [-0.39, 0.29) is 4.83 Å². The summed E-state index contributed by atoms with van der Waals surface area (Å²) in [5.41, 5.74) is 0. The summed E-state index contributed by atoms with van der Waals surface area (Å²) in [4.78, 5) is 0.194. The maximum absolute atomic E-state index is 5.15. The number of hydrogen-bond acceptors (Lipinski definition) is 2. The predicted octanol–water partition coefficient (Wildman–Crippen LogP) is 2.00. The summed E-state index contributed by atoms with van der Waals surface area (Å²) in [5.74, 6) is -0.500. The van der Waals surface area contributed by atoms with E-state index in [4.69, 9.17) is 9.47 Å². The van der Waals surface area contributed by atoms with E-state index in [1.165, 1.54) is 0 Å². The molecule has 1 aliphatic heterocycles. The van der Waals surface area contributed by atoms with Gasteiger partial charge in [-0.25, -0.2) is 0 Å². The van der Waals surface area contributed by atoms with Crippen LogP contribution in [-0.4, -0.2) is 10.6 Å². The lowest BCUT2D eigenvalue weighted by atomic mass is 10.2. The number of hydrogen-bond donors (Lipinski definition) is 0. The Balaban J connectivity index is 2.55. The Morgan fingerprint density at radius 3 is 2.11 bits per heavy atom. The fourth-order valence-electron chi connectivity index (χ4n) is 0.541. The van der Waals surface area contributed by atoms with E-state index in [9.17, 15) is 0 Å². The fraction of sp³-hybridized carbons (Fsp3) is 0.667. The van der Waals surface area contributed by atoms with Gasteiger partial charge in [0, 0.05) is 6.92 Å². The second-order valence-corrected chi connectivity index (χ2v) is 3.51. The van der Waals surface area contributed by atoms with E-state index in [1.807, 2.05) is 13.8 Å². The molecule has 1 heterocycles. The van der Waals surface area contributed by atoms with Crippen LogP contribution in [0.5, 0.6) is 0 Å². The number of alkyl halides is 1. The van der Waals surface area contributed by atoms with Gasteiger partial charge < -0.3 is 9.47 Å². The molecule has 1 atom stereocenters. The van der Waals surface area contributed by atoms with Crippen LogP contribution >= 0.6 is 15.9 Å². The van der Waals surface area contributed by atoms with Gasteiger partial charge in [0.05, 0.1) is 4.83 Å². The molecular formula is C6H9BrO2. The fourth-order valence-corrected chi connectivity index (χ4v) is 0.757. The smallest absolute Gasteiger partial charge is 0.259 e. The lowest BCUT2D eigenvalue weighted by Crippen LogP contribution is -2.34. The third-order valence-electron chi connectivity index (χ3n) is 1.38. The molecular weight excluding hydrogens is 184 g/mol. The molecule has 0 bridgehead atoms. The number of ether oxygens (including phenoxy) is 2. The zero-order chi connectivity index (χ0) is 6.91. The molecule has 0 N–H and O–H groups in total. The van der Waals surface area contributed by atoms with Gasteiger partial charge in [0.25, 0.3) is 5.79 Å². The Kier molecular flexibility index (Phi) is 1.70. The quantitative estimate of drug-likeness (QED) is 0.593. The van der Waals surface area contributed by atoms with Crippen LogP contribution in [0.2, 0.25) is 0 Å². The first-order valence-electron chi connectivity index (χ1n) is 2.80. The summed E-state index contributed by atoms with van der Waals surface area (Å²) < 4.78 is 10.3. The lowest BCUT2D eigenvalue weighted by molar-refractivity contribution is -0.120. The zero-order valence-electron chi connectivity index (χ0n) is 5.43. The summed E-state index contributed by atoms with van der Waals surface area (Å²) in [6, 6.07) is 0. The van der Waals surface area contributed by atoms with Crippen LogP contribution in [0.25, 0.3) is 0 Å². The summed E-state index contributed by atoms with van der Waals surface area (Å²) in [5, 5.41) is 0. The first-order valence-corrected chi connectivity index (χ1v) is 3.71. The number of halogens is 1. The third-order valence-corrected chi connectivity index (χ3v) is 2.21.